The maximum atomic E-state index is 5.47. The number of hydrogen-bond donors (Lipinski definition) is 1. The van der Waals surface area contributed by atoms with Crippen molar-refractivity contribution in [3.8, 4) is 0 Å². The summed E-state index contributed by atoms with van der Waals surface area (Å²) in [5.41, 5.74) is 5.47. The summed E-state index contributed by atoms with van der Waals surface area (Å²) >= 11 is 0. The highest BCUT2D eigenvalue weighted by Crippen LogP contribution is 1.88. The minimum atomic E-state index is 0. The van der Waals surface area contributed by atoms with Crippen LogP contribution >= 0.6 is 0 Å². The first-order valence-corrected chi connectivity index (χ1v) is 2.56. The second-order valence-electron chi connectivity index (χ2n) is 1.58. The van der Waals surface area contributed by atoms with Gasteiger partial charge in [-0.1, -0.05) is 13.8 Å². The fourth-order valence-corrected chi connectivity index (χ4v) is 0.289. The van der Waals surface area contributed by atoms with Gasteiger partial charge in [0.05, 0.1) is 0 Å². The SMILES string of the molecule is CCC(N)CC.F. The molecule has 0 aromatic heterocycles. The van der Waals surface area contributed by atoms with Crippen LogP contribution in [0.15, 0.2) is 0 Å². The molecule has 2 N–H and O–H groups in total. The van der Waals surface area contributed by atoms with Crippen LogP contribution in [0.4, 0.5) is 4.70 Å². The third-order valence-electron chi connectivity index (χ3n) is 1.05. The van der Waals surface area contributed by atoms with E-state index in [1.165, 1.54) is 0 Å². The normalized spacial score (nSPS) is 8.57. The summed E-state index contributed by atoms with van der Waals surface area (Å²) in [4.78, 5) is 0. The summed E-state index contributed by atoms with van der Waals surface area (Å²) < 4.78 is 0. The molecule has 0 aliphatic heterocycles. The van der Waals surface area contributed by atoms with Crippen LogP contribution in [0.1, 0.15) is 26.7 Å². The number of hydrogen-bond acceptors (Lipinski definition) is 1. The van der Waals surface area contributed by atoms with Gasteiger partial charge in [-0.2, -0.15) is 0 Å². The van der Waals surface area contributed by atoms with E-state index in [0.717, 1.165) is 12.8 Å². The van der Waals surface area contributed by atoms with Gasteiger partial charge in [-0.3, -0.25) is 4.70 Å². The first-order chi connectivity index (χ1) is 2.81. The van der Waals surface area contributed by atoms with Crippen molar-refractivity contribution >= 4 is 0 Å². The van der Waals surface area contributed by atoms with Crippen LogP contribution in [0, 0.1) is 0 Å². The molecule has 0 atom stereocenters. The minimum absolute atomic E-state index is 0. The van der Waals surface area contributed by atoms with E-state index < -0.39 is 0 Å². The lowest BCUT2D eigenvalue weighted by Crippen LogP contribution is -2.16. The molecule has 7 heavy (non-hydrogen) atoms. The Morgan fingerprint density at radius 3 is 1.57 bits per heavy atom. The highest BCUT2D eigenvalue weighted by Gasteiger charge is 1.88. The summed E-state index contributed by atoms with van der Waals surface area (Å²) in [6, 6.07) is 0.435. The molecule has 0 aliphatic carbocycles. The fraction of sp³-hybridized carbons (Fsp3) is 1.00. The zero-order valence-corrected chi connectivity index (χ0v) is 4.98. The third kappa shape index (κ3) is 5.89. The van der Waals surface area contributed by atoms with E-state index in [1.54, 1.807) is 0 Å². The average molecular weight is 107 g/mol. The molecule has 0 fully saturated rings. The molecule has 0 unspecified atom stereocenters. The maximum absolute atomic E-state index is 5.47. The second-order valence-corrected chi connectivity index (χ2v) is 1.58. The molecule has 0 bridgehead atoms. The van der Waals surface area contributed by atoms with Gasteiger partial charge in [0.1, 0.15) is 0 Å². The number of halogens is 1. The topological polar surface area (TPSA) is 26.0 Å². The summed E-state index contributed by atoms with van der Waals surface area (Å²) in [7, 11) is 0. The Balaban J connectivity index is 0. The largest absolute Gasteiger partial charge is 0.328 e. The Hall–Kier alpha value is -0.110. The summed E-state index contributed by atoms with van der Waals surface area (Å²) in [5, 5.41) is 0. The van der Waals surface area contributed by atoms with Crippen LogP contribution in [-0.4, -0.2) is 6.04 Å². The van der Waals surface area contributed by atoms with Crippen LogP contribution in [0.25, 0.3) is 0 Å². The third-order valence-corrected chi connectivity index (χ3v) is 1.05. The molecule has 0 aromatic carbocycles. The van der Waals surface area contributed by atoms with Crippen molar-refractivity contribution in [3.63, 3.8) is 0 Å². The lowest BCUT2D eigenvalue weighted by atomic mass is 10.2. The van der Waals surface area contributed by atoms with Gasteiger partial charge in [-0.05, 0) is 12.8 Å². The maximum Gasteiger partial charge on any atom is 0.00335 e. The van der Waals surface area contributed by atoms with Crippen molar-refractivity contribution in [1.82, 2.24) is 0 Å². The predicted molar refractivity (Wildman–Crippen MR) is 31.1 cm³/mol. The molecule has 0 aromatic rings. The number of nitrogens with two attached hydrogens (primary N) is 1. The van der Waals surface area contributed by atoms with Crippen molar-refractivity contribution in [3.05, 3.63) is 0 Å². The lowest BCUT2D eigenvalue weighted by Gasteiger charge is -1.99. The van der Waals surface area contributed by atoms with Crippen LogP contribution in [0.5, 0.6) is 0 Å². The number of rotatable bonds is 2. The summed E-state index contributed by atoms with van der Waals surface area (Å²) in [6.07, 6.45) is 2.22. The van der Waals surface area contributed by atoms with E-state index in [0.29, 0.717) is 6.04 Å². The Bertz CT molecular complexity index is 27.3. The molecule has 0 heterocycles. The van der Waals surface area contributed by atoms with Crippen LogP contribution in [-0.2, 0) is 0 Å². The average Bonchev–Trinajstić information content (AvgIpc) is 1.65. The van der Waals surface area contributed by atoms with Crippen molar-refractivity contribution < 1.29 is 4.70 Å². The van der Waals surface area contributed by atoms with Crippen molar-refractivity contribution in [1.29, 1.82) is 0 Å². The standard InChI is InChI=1S/C5H13N.FH/c1-3-5(6)4-2;/h5H,3-4,6H2,1-2H3;1H. The molecule has 0 saturated carbocycles. The van der Waals surface area contributed by atoms with Gasteiger partial charge in [0, 0.05) is 6.04 Å². The second kappa shape index (κ2) is 5.89. The van der Waals surface area contributed by atoms with Crippen molar-refractivity contribution in [2.75, 3.05) is 0 Å². The van der Waals surface area contributed by atoms with Gasteiger partial charge in [0.25, 0.3) is 0 Å². The van der Waals surface area contributed by atoms with E-state index in [-0.39, 0.29) is 4.70 Å². The molecule has 2 heteroatoms. The molecule has 0 saturated heterocycles. The van der Waals surface area contributed by atoms with Gasteiger partial charge in [0.15, 0.2) is 0 Å². The zero-order valence-electron chi connectivity index (χ0n) is 4.98. The Morgan fingerprint density at radius 1 is 1.29 bits per heavy atom. The molecule has 0 spiro atoms. The minimum Gasteiger partial charge on any atom is -0.328 e. The monoisotopic (exact) mass is 107 g/mol. The molecular formula is C5H14FN. The first-order valence-electron chi connectivity index (χ1n) is 2.56. The van der Waals surface area contributed by atoms with Gasteiger partial charge in [0.2, 0.25) is 0 Å². The quantitative estimate of drug-likeness (QED) is 0.565. The molecule has 0 amide bonds. The Morgan fingerprint density at radius 2 is 1.57 bits per heavy atom. The predicted octanol–water partition coefficient (Wildman–Crippen LogP) is 1.29. The van der Waals surface area contributed by atoms with Gasteiger partial charge in [-0.25, -0.2) is 0 Å². The van der Waals surface area contributed by atoms with Crippen LogP contribution in [0.2, 0.25) is 0 Å². The van der Waals surface area contributed by atoms with Crippen molar-refractivity contribution in [2.45, 2.75) is 32.7 Å². The smallest absolute Gasteiger partial charge is 0.00335 e. The van der Waals surface area contributed by atoms with Crippen LogP contribution in [0.3, 0.4) is 0 Å². The lowest BCUT2D eigenvalue weighted by molar-refractivity contribution is 0.629. The van der Waals surface area contributed by atoms with E-state index in [4.69, 9.17) is 5.73 Å². The highest BCUT2D eigenvalue weighted by atomic mass is 19.0. The summed E-state index contributed by atoms with van der Waals surface area (Å²) in [6.45, 7) is 4.21. The zero-order chi connectivity index (χ0) is 4.99. The first kappa shape index (κ1) is 10.00. The molecule has 0 aliphatic rings. The Kier molecular flexibility index (Phi) is 8.41. The molecule has 1 nitrogen and oxygen atoms in total. The van der Waals surface area contributed by atoms with Crippen molar-refractivity contribution in [2.24, 2.45) is 5.73 Å². The highest BCUT2D eigenvalue weighted by molar-refractivity contribution is 4.51. The molecular weight excluding hydrogens is 93.1 g/mol. The fourth-order valence-electron chi connectivity index (χ4n) is 0.289. The van der Waals surface area contributed by atoms with Gasteiger partial charge >= 0.3 is 0 Å². The van der Waals surface area contributed by atoms with Gasteiger partial charge < -0.3 is 5.73 Å². The van der Waals surface area contributed by atoms with Crippen LogP contribution < -0.4 is 5.73 Å². The Labute approximate surface area is 44.3 Å². The van der Waals surface area contributed by atoms with E-state index in [1.807, 2.05) is 0 Å². The molecule has 0 rings (SSSR count). The van der Waals surface area contributed by atoms with Gasteiger partial charge in [-0.15, -0.1) is 0 Å². The molecule has 0 radical (unpaired) electrons. The van der Waals surface area contributed by atoms with E-state index in [2.05, 4.69) is 13.8 Å². The van der Waals surface area contributed by atoms with E-state index >= 15 is 0 Å². The summed E-state index contributed by atoms with van der Waals surface area (Å²) in [5.74, 6) is 0. The molecule has 46 valence electrons. The van der Waals surface area contributed by atoms with E-state index in [9.17, 15) is 0 Å².